The lowest BCUT2D eigenvalue weighted by atomic mass is 10.1. The van der Waals surface area contributed by atoms with Crippen molar-refractivity contribution in [1.82, 2.24) is 10.2 Å². The van der Waals surface area contributed by atoms with E-state index in [1.54, 1.807) is 6.92 Å². The first-order chi connectivity index (χ1) is 9.88. The van der Waals surface area contributed by atoms with Crippen LogP contribution in [0.2, 0.25) is 0 Å². The largest absolute Gasteiger partial charge is 0.416 e. The summed E-state index contributed by atoms with van der Waals surface area (Å²) in [6.45, 7) is 4.87. The summed E-state index contributed by atoms with van der Waals surface area (Å²) in [6, 6.07) is 4.30. The molecule has 116 valence electrons. The average Bonchev–Trinajstić information content (AvgIpc) is 2.47. The van der Waals surface area contributed by atoms with Gasteiger partial charge in [0.1, 0.15) is 0 Å². The number of benzene rings is 1. The molecule has 1 amide bonds. The summed E-state index contributed by atoms with van der Waals surface area (Å²) in [5.41, 5.74) is -0.605. The smallest absolute Gasteiger partial charge is 0.325 e. The monoisotopic (exact) mass is 301 g/mol. The first-order valence-corrected chi connectivity index (χ1v) is 6.81. The lowest BCUT2D eigenvalue weighted by molar-refractivity contribution is -0.137. The minimum Gasteiger partial charge on any atom is -0.325 e. The molecule has 1 unspecified atom stereocenters. The third kappa shape index (κ3) is 4.18. The van der Waals surface area contributed by atoms with Crippen molar-refractivity contribution in [2.45, 2.75) is 19.1 Å². The minimum absolute atomic E-state index is 0.164. The normalized spacial score (nSPS) is 18.3. The van der Waals surface area contributed by atoms with Gasteiger partial charge >= 0.3 is 6.18 Å². The van der Waals surface area contributed by atoms with Crippen molar-refractivity contribution in [3.05, 3.63) is 29.8 Å². The van der Waals surface area contributed by atoms with Gasteiger partial charge in [0.15, 0.2) is 0 Å². The van der Waals surface area contributed by atoms with Crippen molar-refractivity contribution >= 4 is 11.6 Å². The molecule has 0 radical (unpaired) electrons. The van der Waals surface area contributed by atoms with Gasteiger partial charge in [0.05, 0.1) is 11.6 Å². The van der Waals surface area contributed by atoms with Crippen LogP contribution in [0.15, 0.2) is 24.3 Å². The van der Waals surface area contributed by atoms with Crippen molar-refractivity contribution in [3.8, 4) is 0 Å². The van der Waals surface area contributed by atoms with Gasteiger partial charge in [0.25, 0.3) is 0 Å². The average molecular weight is 301 g/mol. The van der Waals surface area contributed by atoms with Crippen molar-refractivity contribution in [1.29, 1.82) is 0 Å². The van der Waals surface area contributed by atoms with Crippen LogP contribution in [-0.2, 0) is 11.0 Å². The Morgan fingerprint density at radius 1 is 1.33 bits per heavy atom. The molecule has 21 heavy (non-hydrogen) atoms. The number of carbonyl (C=O) groups excluding carboxylic acids is 1. The molecule has 1 atom stereocenters. The lowest BCUT2D eigenvalue weighted by Crippen LogP contribution is -2.51. The fraction of sp³-hybridized carbons (Fsp3) is 0.500. The van der Waals surface area contributed by atoms with E-state index in [-0.39, 0.29) is 17.6 Å². The number of rotatable bonds is 3. The maximum absolute atomic E-state index is 12.6. The number of anilines is 1. The Morgan fingerprint density at radius 2 is 2.00 bits per heavy atom. The quantitative estimate of drug-likeness (QED) is 0.897. The highest BCUT2D eigenvalue weighted by Crippen LogP contribution is 2.30. The van der Waals surface area contributed by atoms with E-state index in [1.807, 2.05) is 4.90 Å². The highest BCUT2D eigenvalue weighted by Gasteiger charge is 2.30. The highest BCUT2D eigenvalue weighted by atomic mass is 19.4. The van der Waals surface area contributed by atoms with Crippen LogP contribution in [0.4, 0.5) is 18.9 Å². The van der Waals surface area contributed by atoms with Crippen LogP contribution in [-0.4, -0.2) is 43.0 Å². The topological polar surface area (TPSA) is 44.4 Å². The molecule has 1 fully saturated rings. The van der Waals surface area contributed by atoms with E-state index in [1.165, 1.54) is 12.1 Å². The summed E-state index contributed by atoms with van der Waals surface area (Å²) in [5.74, 6) is -0.295. The molecule has 2 rings (SSSR count). The van der Waals surface area contributed by atoms with Gasteiger partial charge in [-0.3, -0.25) is 9.69 Å². The van der Waals surface area contributed by atoms with Gasteiger partial charge in [-0.25, -0.2) is 0 Å². The van der Waals surface area contributed by atoms with Crippen LogP contribution in [0.25, 0.3) is 0 Å². The summed E-state index contributed by atoms with van der Waals surface area (Å²) >= 11 is 0. The number of piperazine rings is 1. The Balaban J connectivity index is 2.02. The number of halogens is 3. The van der Waals surface area contributed by atoms with Crippen molar-refractivity contribution in [3.63, 3.8) is 0 Å². The highest BCUT2D eigenvalue weighted by molar-refractivity contribution is 5.94. The summed E-state index contributed by atoms with van der Waals surface area (Å²) in [4.78, 5) is 14.1. The molecule has 7 heteroatoms. The zero-order chi connectivity index (χ0) is 15.5. The van der Waals surface area contributed by atoms with E-state index in [9.17, 15) is 18.0 Å². The third-order valence-corrected chi connectivity index (χ3v) is 3.54. The van der Waals surface area contributed by atoms with E-state index in [0.717, 1.165) is 38.3 Å². The summed E-state index contributed by atoms with van der Waals surface area (Å²) in [5, 5.41) is 5.73. The Bertz CT molecular complexity index is 498. The second kappa shape index (κ2) is 6.44. The molecular formula is C14H18F3N3O. The molecule has 1 heterocycles. The van der Waals surface area contributed by atoms with Crippen molar-refractivity contribution in [2.24, 2.45) is 0 Å². The molecule has 1 aromatic rings. The second-order valence-electron chi connectivity index (χ2n) is 5.03. The molecule has 0 aromatic heterocycles. The molecule has 1 aliphatic heterocycles. The third-order valence-electron chi connectivity index (χ3n) is 3.54. The number of amides is 1. The molecule has 0 aliphatic carbocycles. The molecular weight excluding hydrogens is 283 g/mol. The molecule has 0 saturated carbocycles. The Kier molecular flexibility index (Phi) is 4.84. The number of carbonyl (C=O) groups is 1. The second-order valence-corrected chi connectivity index (χ2v) is 5.03. The number of nitrogens with zero attached hydrogens (tertiary/aromatic N) is 1. The SMILES string of the molecule is CC(C(=O)Nc1cccc(C(F)(F)F)c1)N1CCNCC1. The van der Waals surface area contributed by atoms with Crippen molar-refractivity contribution in [2.75, 3.05) is 31.5 Å². The van der Waals surface area contributed by atoms with Gasteiger partial charge < -0.3 is 10.6 Å². The molecule has 1 saturated heterocycles. The predicted octanol–water partition coefficient (Wildman–Crippen LogP) is 1.94. The molecule has 1 aliphatic rings. The first kappa shape index (κ1) is 15.8. The van der Waals surface area contributed by atoms with Gasteiger partial charge in [-0.05, 0) is 25.1 Å². The zero-order valence-corrected chi connectivity index (χ0v) is 11.7. The summed E-state index contributed by atoms with van der Waals surface area (Å²) < 4.78 is 37.9. The molecule has 0 bridgehead atoms. The summed E-state index contributed by atoms with van der Waals surface area (Å²) in [7, 11) is 0. The van der Waals surface area contributed by atoms with Crippen LogP contribution in [0.3, 0.4) is 0 Å². The Morgan fingerprint density at radius 3 is 2.62 bits per heavy atom. The van der Waals surface area contributed by atoms with Gasteiger partial charge in [-0.15, -0.1) is 0 Å². The standard InChI is InChI=1S/C14H18F3N3O/c1-10(20-7-5-18-6-8-20)13(21)19-12-4-2-3-11(9-12)14(15,16)17/h2-4,9-10,18H,5-8H2,1H3,(H,19,21). The predicted molar refractivity (Wildman–Crippen MR) is 74.0 cm³/mol. The van der Waals surface area contributed by atoms with E-state index in [2.05, 4.69) is 10.6 Å². The van der Waals surface area contributed by atoms with Crippen LogP contribution in [0.1, 0.15) is 12.5 Å². The van der Waals surface area contributed by atoms with Crippen LogP contribution in [0.5, 0.6) is 0 Å². The maximum atomic E-state index is 12.6. The Labute approximate surface area is 121 Å². The van der Waals surface area contributed by atoms with Crippen LogP contribution >= 0.6 is 0 Å². The molecule has 2 N–H and O–H groups in total. The molecule has 1 aromatic carbocycles. The number of nitrogens with one attached hydrogen (secondary N) is 2. The van der Waals surface area contributed by atoms with E-state index >= 15 is 0 Å². The van der Waals surface area contributed by atoms with E-state index < -0.39 is 11.7 Å². The minimum atomic E-state index is -4.41. The number of hydrogen-bond acceptors (Lipinski definition) is 3. The van der Waals surface area contributed by atoms with Gasteiger partial charge in [0.2, 0.25) is 5.91 Å². The molecule has 4 nitrogen and oxygen atoms in total. The lowest BCUT2D eigenvalue weighted by Gasteiger charge is -2.31. The van der Waals surface area contributed by atoms with E-state index in [4.69, 9.17) is 0 Å². The fourth-order valence-electron chi connectivity index (χ4n) is 2.26. The van der Waals surface area contributed by atoms with Crippen LogP contribution < -0.4 is 10.6 Å². The first-order valence-electron chi connectivity index (χ1n) is 6.81. The van der Waals surface area contributed by atoms with E-state index in [0.29, 0.717) is 0 Å². The summed E-state index contributed by atoms with van der Waals surface area (Å²) in [6.07, 6.45) is -4.41. The maximum Gasteiger partial charge on any atom is 0.416 e. The number of alkyl halides is 3. The van der Waals surface area contributed by atoms with Gasteiger partial charge in [0, 0.05) is 31.9 Å². The van der Waals surface area contributed by atoms with Crippen molar-refractivity contribution < 1.29 is 18.0 Å². The van der Waals surface area contributed by atoms with Crippen LogP contribution in [0, 0.1) is 0 Å². The molecule has 0 spiro atoms. The van der Waals surface area contributed by atoms with Gasteiger partial charge in [-0.1, -0.05) is 6.07 Å². The zero-order valence-electron chi connectivity index (χ0n) is 11.7. The van der Waals surface area contributed by atoms with Gasteiger partial charge in [-0.2, -0.15) is 13.2 Å². The Hall–Kier alpha value is -1.60. The fourth-order valence-corrected chi connectivity index (χ4v) is 2.26. The number of hydrogen-bond donors (Lipinski definition) is 2.